The van der Waals surface area contributed by atoms with E-state index in [-0.39, 0.29) is 18.1 Å². The fraction of sp³-hybridized carbons (Fsp3) is 0.294. The molecule has 1 aromatic carbocycles. The second kappa shape index (κ2) is 9.69. The number of benzene rings is 1. The number of aromatic nitrogens is 2. The number of hydrogen-bond acceptors (Lipinski definition) is 6. The average molecular weight is 378 g/mol. The Morgan fingerprint density at radius 1 is 1.23 bits per heavy atom. The van der Waals surface area contributed by atoms with Crippen molar-refractivity contribution in [2.45, 2.75) is 26.1 Å². The van der Waals surface area contributed by atoms with E-state index in [2.05, 4.69) is 25.9 Å². The molecule has 0 aliphatic rings. The third-order valence-electron chi connectivity index (χ3n) is 3.39. The lowest BCUT2D eigenvalue weighted by molar-refractivity contribution is -0.122. The summed E-state index contributed by atoms with van der Waals surface area (Å²) in [5.41, 5.74) is 1.55. The van der Waals surface area contributed by atoms with Crippen LogP contribution in [0.5, 0.6) is 0 Å². The first-order valence-corrected chi connectivity index (χ1v) is 8.29. The Balaban J connectivity index is 1.97. The summed E-state index contributed by atoms with van der Waals surface area (Å²) in [5.74, 6) is -0.0185. The molecule has 0 radical (unpaired) electrons. The third-order valence-corrected chi connectivity index (χ3v) is 3.76. The molecule has 0 saturated carbocycles. The van der Waals surface area contributed by atoms with Crippen LogP contribution in [0.3, 0.4) is 0 Å². The summed E-state index contributed by atoms with van der Waals surface area (Å²) < 4.78 is 5.29. The van der Waals surface area contributed by atoms with Gasteiger partial charge in [-0.25, -0.2) is 9.78 Å². The van der Waals surface area contributed by atoms with Gasteiger partial charge in [0.1, 0.15) is 0 Å². The molecule has 0 aliphatic heterocycles. The lowest BCUT2D eigenvalue weighted by Gasteiger charge is -2.19. The highest BCUT2D eigenvalue weighted by molar-refractivity contribution is 6.31. The lowest BCUT2D eigenvalue weighted by Crippen LogP contribution is -2.39. The maximum Gasteiger partial charge on any atom is 0.414 e. The zero-order valence-electron chi connectivity index (χ0n) is 14.5. The van der Waals surface area contributed by atoms with Crippen LogP contribution in [0.15, 0.2) is 36.7 Å². The van der Waals surface area contributed by atoms with Crippen LogP contribution >= 0.6 is 11.6 Å². The van der Waals surface area contributed by atoms with Crippen LogP contribution in [0.25, 0.3) is 0 Å². The van der Waals surface area contributed by atoms with Crippen molar-refractivity contribution >= 4 is 29.4 Å². The van der Waals surface area contributed by atoms with Crippen LogP contribution in [0.1, 0.15) is 17.7 Å². The van der Waals surface area contributed by atoms with E-state index in [0.29, 0.717) is 11.6 Å². The molecule has 0 saturated heterocycles. The average Bonchev–Trinajstić information content (AvgIpc) is 2.62. The first-order chi connectivity index (χ1) is 12.5. The molecule has 0 aliphatic carbocycles. The second-order valence-electron chi connectivity index (χ2n) is 5.41. The Kier molecular flexibility index (Phi) is 7.31. The maximum absolute atomic E-state index is 12.1. The Morgan fingerprint density at radius 2 is 2.00 bits per heavy atom. The number of halogens is 1. The monoisotopic (exact) mass is 377 g/mol. The van der Waals surface area contributed by atoms with Crippen molar-refractivity contribution < 1.29 is 14.3 Å². The van der Waals surface area contributed by atoms with E-state index in [4.69, 9.17) is 16.3 Å². The van der Waals surface area contributed by atoms with Crippen LogP contribution in [-0.4, -0.2) is 35.2 Å². The molecule has 138 valence electrons. The Morgan fingerprint density at radius 3 is 2.65 bits per heavy atom. The summed E-state index contributed by atoms with van der Waals surface area (Å²) in [7, 11) is 1.51. The molecule has 8 nitrogen and oxygen atoms in total. The molecular formula is C17H20ClN5O3. The van der Waals surface area contributed by atoms with Crippen molar-refractivity contribution in [3.8, 4) is 0 Å². The Hall–Kier alpha value is -2.71. The molecule has 1 unspecified atom stereocenters. The van der Waals surface area contributed by atoms with Gasteiger partial charge in [0.2, 0.25) is 5.91 Å². The number of amides is 2. The van der Waals surface area contributed by atoms with E-state index in [1.807, 2.05) is 18.2 Å². The van der Waals surface area contributed by atoms with E-state index >= 15 is 0 Å². The highest BCUT2D eigenvalue weighted by Crippen LogP contribution is 2.15. The van der Waals surface area contributed by atoms with Gasteiger partial charge in [0.25, 0.3) is 0 Å². The summed E-state index contributed by atoms with van der Waals surface area (Å²) in [6.45, 7) is 2.12. The number of rotatable bonds is 7. The molecular weight excluding hydrogens is 358 g/mol. The first-order valence-electron chi connectivity index (χ1n) is 7.91. The number of hydrogen-bond donors (Lipinski definition) is 3. The summed E-state index contributed by atoms with van der Waals surface area (Å²) in [6, 6.07) is 7.27. The molecule has 26 heavy (non-hydrogen) atoms. The van der Waals surface area contributed by atoms with E-state index in [0.717, 1.165) is 11.3 Å². The van der Waals surface area contributed by atoms with Crippen molar-refractivity contribution in [3.63, 3.8) is 0 Å². The highest BCUT2D eigenvalue weighted by atomic mass is 35.5. The molecule has 1 heterocycles. The van der Waals surface area contributed by atoms with Crippen molar-refractivity contribution in [1.29, 1.82) is 0 Å². The van der Waals surface area contributed by atoms with Crippen molar-refractivity contribution in [1.82, 2.24) is 20.6 Å². The number of nitrogens with one attached hydrogen (secondary N) is 3. The van der Waals surface area contributed by atoms with Gasteiger partial charge < -0.3 is 10.1 Å². The molecule has 2 aromatic rings. The van der Waals surface area contributed by atoms with Gasteiger partial charge in [-0.3, -0.25) is 20.4 Å². The van der Waals surface area contributed by atoms with Crippen molar-refractivity contribution in [2.24, 2.45) is 0 Å². The van der Waals surface area contributed by atoms with Gasteiger partial charge in [-0.2, -0.15) is 0 Å². The largest absolute Gasteiger partial charge is 0.430 e. The van der Waals surface area contributed by atoms with Crippen LogP contribution in [0.2, 0.25) is 5.02 Å². The van der Waals surface area contributed by atoms with E-state index < -0.39 is 12.3 Å². The van der Waals surface area contributed by atoms with E-state index in [9.17, 15) is 9.59 Å². The highest BCUT2D eigenvalue weighted by Gasteiger charge is 2.18. The number of aryl methyl sites for hydroxylation is 1. The number of ether oxygens (including phenoxy) is 1. The minimum atomic E-state index is -0.843. The van der Waals surface area contributed by atoms with Crippen LogP contribution in [-0.2, 0) is 16.1 Å². The fourth-order valence-electron chi connectivity index (χ4n) is 2.01. The number of carbonyl (C=O) groups excluding carboxylic acids is 2. The molecule has 0 spiro atoms. The van der Waals surface area contributed by atoms with Gasteiger partial charge >= 0.3 is 6.09 Å². The Labute approximate surface area is 156 Å². The minimum absolute atomic E-state index is 0.0477. The predicted molar refractivity (Wildman–Crippen MR) is 97.6 cm³/mol. The summed E-state index contributed by atoms with van der Waals surface area (Å²) in [4.78, 5) is 31.8. The van der Waals surface area contributed by atoms with Crippen LogP contribution < -0.4 is 16.0 Å². The summed E-state index contributed by atoms with van der Waals surface area (Å²) in [6.07, 6.45) is 1.30. The van der Waals surface area contributed by atoms with E-state index in [1.54, 1.807) is 13.0 Å². The number of anilines is 1. The molecule has 0 bridgehead atoms. The van der Waals surface area contributed by atoms with Gasteiger partial charge in [0.15, 0.2) is 12.0 Å². The van der Waals surface area contributed by atoms with Crippen molar-refractivity contribution in [2.75, 3.05) is 12.4 Å². The number of nitrogens with zero attached hydrogens (tertiary/aromatic N) is 2. The molecule has 1 aromatic heterocycles. The smallest absolute Gasteiger partial charge is 0.414 e. The molecule has 3 N–H and O–H groups in total. The first kappa shape index (κ1) is 19.6. The van der Waals surface area contributed by atoms with E-state index in [1.165, 1.54) is 19.4 Å². The molecule has 9 heteroatoms. The predicted octanol–water partition coefficient (Wildman–Crippen LogP) is 2.24. The standard InChI is InChI=1S/C17H20ClN5O3/c1-11-8-21-14(10-20-11)23-17(25)26-16(7-15(24)19-2)22-9-12-5-3-4-6-13(12)18/h3-6,8,10,16,22H,7,9H2,1-2H3,(H,19,24)(H,21,23,25). The normalized spacial score (nSPS) is 11.5. The zero-order valence-corrected chi connectivity index (χ0v) is 15.2. The lowest BCUT2D eigenvalue weighted by atomic mass is 10.2. The minimum Gasteiger partial charge on any atom is -0.430 e. The molecule has 2 amide bonds. The summed E-state index contributed by atoms with van der Waals surface area (Å²) in [5, 5.41) is 8.55. The number of carbonyl (C=O) groups is 2. The van der Waals surface area contributed by atoms with Crippen LogP contribution in [0.4, 0.5) is 10.6 Å². The second-order valence-corrected chi connectivity index (χ2v) is 5.82. The molecule has 0 fully saturated rings. The summed E-state index contributed by atoms with van der Waals surface area (Å²) >= 11 is 6.11. The molecule has 1 atom stereocenters. The maximum atomic E-state index is 12.1. The molecule has 2 rings (SSSR count). The van der Waals surface area contributed by atoms with Gasteiger partial charge in [-0.1, -0.05) is 29.8 Å². The zero-order chi connectivity index (χ0) is 18.9. The Bertz CT molecular complexity index is 754. The SMILES string of the molecule is CNC(=O)CC(NCc1ccccc1Cl)OC(=O)Nc1cnc(C)cn1. The quantitative estimate of drug-likeness (QED) is 0.639. The van der Waals surface area contributed by atoms with Crippen LogP contribution in [0, 0.1) is 6.92 Å². The van der Waals surface area contributed by atoms with Crippen molar-refractivity contribution in [3.05, 3.63) is 52.9 Å². The van der Waals surface area contributed by atoms with Gasteiger partial charge in [-0.05, 0) is 18.6 Å². The fourth-order valence-corrected chi connectivity index (χ4v) is 2.21. The van der Waals surface area contributed by atoms with Gasteiger partial charge in [0.05, 0.1) is 24.5 Å². The van der Waals surface area contributed by atoms with Gasteiger partial charge in [0, 0.05) is 18.6 Å². The van der Waals surface area contributed by atoms with Gasteiger partial charge in [-0.15, -0.1) is 0 Å². The third kappa shape index (κ3) is 6.30. The topological polar surface area (TPSA) is 105 Å².